The van der Waals surface area contributed by atoms with Gasteiger partial charge >= 0.3 is 0 Å². The maximum Gasteiger partial charge on any atom is 0.191 e. The molecule has 2 N–H and O–H groups in total. The third-order valence-electron chi connectivity index (χ3n) is 3.55. The Labute approximate surface area is 154 Å². The van der Waals surface area contributed by atoms with Crippen molar-refractivity contribution in [3.05, 3.63) is 65.7 Å². The molecule has 0 saturated carbocycles. The molecule has 0 aliphatic carbocycles. The van der Waals surface area contributed by atoms with E-state index in [0.717, 1.165) is 36.8 Å². The van der Waals surface area contributed by atoms with E-state index in [9.17, 15) is 0 Å². The fourth-order valence-corrected chi connectivity index (χ4v) is 2.36. The standard InChI is InChI=1S/C18H21N3O.HI/c1-2-7-15(8-3-1)14-22-17-10-5-4-9-16(17)13-21-18-19-11-6-12-20-18;/h1-5,7-10H,6,11-14H2,(H2,19,20,21);1H. The summed E-state index contributed by atoms with van der Waals surface area (Å²) in [5.74, 6) is 1.79. The third kappa shape index (κ3) is 5.42. The Morgan fingerprint density at radius 3 is 2.61 bits per heavy atom. The summed E-state index contributed by atoms with van der Waals surface area (Å²) < 4.78 is 5.96. The van der Waals surface area contributed by atoms with Gasteiger partial charge in [0, 0.05) is 25.2 Å². The Morgan fingerprint density at radius 1 is 1.04 bits per heavy atom. The van der Waals surface area contributed by atoms with Crippen LogP contribution in [0.4, 0.5) is 0 Å². The molecule has 4 nitrogen and oxygen atoms in total. The molecule has 0 radical (unpaired) electrons. The number of ether oxygens (including phenoxy) is 1. The Hall–Kier alpha value is -1.76. The van der Waals surface area contributed by atoms with Crippen molar-refractivity contribution in [1.82, 2.24) is 10.6 Å². The molecule has 2 aromatic rings. The van der Waals surface area contributed by atoms with Crippen molar-refractivity contribution in [3.8, 4) is 5.75 Å². The van der Waals surface area contributed by atoms with Gasteiger partial charge in [0.2, 0.25) is 0 Å². The molecule has 1 aliphatic heterocycles. The predicted molar refractivity (Wildman–Crippen MR) is 104 cm³/mol. The van der Waals surface area contributed by atoms with E-state index in [0.29, 0.717) is 13.2 Å². The average Bonchev–Trinajstić information content (AvgIpc) is 2.61. The van der Waals surface area contributed by atoms with Gasteiger partial charge in [0.1, 0.15) is 12.4 Å². The average molecular weight is 423 g/mol. The summed E-state index contributed by atoms with van der Waals surface area (Å²) >= 11 is 0. The van der Waals surface area contributed by atoms with E-state index in [2.05, 4.69) is 33.8 Å². The monoisotopic (exact) mass is 423 g/mol. The van der Waals surface area contributed by atoms with Crippen LogP contribution in [0.5, 0.6) is 5.75 Å². The van der Waals surface area contributed by atoms with E-state index in [4.69, 9.17) is 4.74 Å². The quantitative estimate of drug-likeness (QED) is 0.726. The van der Waals surface area contributed by atoms with Crippen molar-refractivity contribution in [1.29, 1.82) is 0 Å². The van der Waals surface area contributed by atoms with Crippen molar-refractivity contribution < 1.29 is 4.74 Å². The van der Waals surface area contributed by atoms with Crippen molar-refractivity contribution in [2.24, 2.45) is 4.99 Å². The van der Waals surface area contributed by atoms with Crippen LogP contribution >= 0.6 is 24.0 Å². The first-order valence-electron chi connectivity index (χ1n) is 7.68. The van der Waals surface area contributed by atoms with Crippen LogP contribution in [0, 0.1) is 0 Å². The Bertz CT molecular complexity index is 631. The second-order valence-corrected chi connectivity index (χ2v) is 5.25. The number of hydrogen-bond acceptors (Lipinski definition) is 4. The van der Waals surface area contributed by atoms with E-state index in [-0.39, 0.29) is 24.0 Å². The summed E-state index contributed by atoms with van der Waals surface area (Å²) in [7, 11) is 0. The Kier molecular flexibility index (Phi) is 7.19. The van der Waals surface area contributed by atoms with Gasteiger partial charge in [-0.1, -0.05) is 48.5 Å². The topological polar surface area (TPSA) is 45.6 Å². The normalized spacial score (nSPS) is 13.3. The van der Waals surface area contributed by atoms with Crippen LogP contribution in [0.15, 0.2) is 59.6 Å². The van der Waals surface area contributed by atoms with Gasteiger partial charge in [-0.25, -0.2) is 0 Å². The molecule has 2 aromatic carbocycles. The molecule has 0 bridgehead atoms. The molecular weight excluding hydrogens is 401 g/mol. The van der Waals surface area contributed by atoms with Crippen molar-refractivity contribution in [2.75, 3.05) is 13.1 Å². The molecule has 0 spiro atoms. The lowest BCUT2D eigenvalue weighted by atomic mass is 10.2. The summed E-state index contributed by atoms with van der Waals surface area (Å²) in [5, 5.41) is 6.60. The second kappa shape index (κ2) is 9.39. The highest BCUT2D eigenvalue weighted by Crippen LogP contribution is 2.19. The minimum absolute atomic E-state index is 0. The smallest absolute Gasteiger partial charge is 0.191 e. The maximum absolute atomic E-state index is 5.96. The number of guanidine groups is 1. The van der Waals surface area contributed by atoms with Crippen LogP contribution in [0.25, 0.3) is 0 Å². The molecule has 0 aromatic heterocycles. The summed E-state index contributed by atoms with van der Waals surface area (Å²) in [4.78, 5) is 4.42. The van der Waals surface area contributed by atoms with Crippen LogP contribution in [-0.4, -0.2) is 19.0 Å². The van der Waals surface area contributed by atoms with Gasteiger partial charge in [-0.15, -0.1) is 24.0 Å². The van der Waals surface area contributed by atoms with Crippen LogP contribution in [0.3, 0.4) is 0 Å². The molecule has 1 heterocycles. The number of aliphatic imine (C=N–C) groups is 1. The maximum atomic E-state index is 5.96. The van der Waals surface area contributed by atoms with Gasteiger partial charge in [0.05, 0.1) is 0 Å². The third-order valence-corrected chi connectivity index (χ3v) is 3.55. The molecule has 122 valence electrons. The number of halogens is 1. The van der Waals surface area contributed by atoms with Crippen LogP contribution < -0.4 is 15.4 Å². The zero-order valence-electron chi connectivity index (χ0n) is 13.0. The number of hydrogen-bond donors (Lipinski definition) is 2. The van der Waals surface area contributed by atoms with Crippen molar-refractivity contribution in [2.45, 2.75) is 19.6 Å². The van der Waals surface area contributed by atoms with E-state index >= 15 is 0 Å². The largest absolute Gasteiger partial charge is 0.489 e. The first-order valence-corrected chi connectivity index (χ1v) is 7.68. The summed E-state index contributed by atoms with van der Waals surface area (Å²) in [6, 6.07) is 18.3. The van der Waals surface area contributed by atoms with Crippen LogP contribution in [-0.2, 0) is 13.2 Å². The highest BCUT2D eigenvalue weighted by molar-refractivity contribution is 14.0. The lowest BCUT2D eigenvalue weighted by molar-refractivity contribution is 0.302. The minimum Gasteiger partial charge on any atom is -0.489 e. The van der Waals surface area contributed by atoms with Gasteiger partial charge in [-0.2, -0.15) is 0 Å². The molecule has 1 aliphatic rings. The number of benzene rings is 2. The summed E-state index contributed by atoms with van der Waals surface area (Å²) in [6.07, 6.45) is 1.10. The number of para-hydroxylation sites is 1. The summed E-state index contributed by atoms with van der Waals surface area (Å²) in [5.41, 5.74) is 2.30. The molecule has 0 atom stereocenters. The first kappa shape index (κ1) is 17.6. The molecule has 3 rings (SSSR count). The number of nitrogens with one attached hydrogen (secondary N) is 2. The molecule has 0 saturated heterocycles. The van der Waals surface area contributed by atoms with Gasteiger partial charge in [-0.3, -0.25) is 4.99 Å². The zero-order chi connectivity index (χ0) is 15.0. The van der Waals surface area contributed by atoms with Crippen molar-refractivity contribution >= 4 is 29.9 Å². The molecule has 0 unspecified atom stereocenters. The lowest BCUT2D eigenvalue weighted by Crippen LogP contribution is -2.40. The van der Waals surface area contributed by atoms with Gasteiger partial charge in [0.15, 0.2) is 5.96 Å². The molecular formula is C18H22IN3O. The van der Waals surface area contributed by atoms with Crippen LogP contribution in [0.1, 0.15) is 17.5 Å². The first-order chi connectivity index (χ1) is 10.9. The lowest BCUT2D eigenvalue weighted by Gasteiger charge is -2.17. The van der Waals surface area contributed by atoms with Gasteiger partial charge in [0.25, 0.3) is 0 Å². The van der Waals surface area contributed by atoms with E-state index in [1.807, 2.05) is 36.4 Å². The zero-order valence-corrected chi connectivity index (χ0v) is 15.3. The minimum atomic E-state index is 0. The number of rotatable bonds is 5. The predicted octanol–water partition coefficient (Wildman–Crippen LogP) is 3.32. The molecule has 5 heteroatoms. The molecule has 0 amide bonds. The highest BCUT2D eigenvalue weighted by Gasteiger charge is 2.06. The fourth-order valence-electron chi connectivity index (χ4n) is 2.36. The van der Waals surface area contributed by atoms with Gasteiger partial charge < -0.3 is 15.4 Å². The van der Waals surface area contributed by atoms with Crippen molar-refractivity contribution in [3.63, 3.8) is 0 Å². The fraction of sp³-hybridized carbons (Fsp3) is 0.278. The summed E-state index contributed by atoms with van der Waals surface area (Å²) in [6.45, 7) is 3.16. The Balaban J connectivity index is 0.00000192. The van der Waals surface area contributed by atoms with Crippen LogP contribution in [0.2, 0.25) is 0 Å². The molecule has 23 heavy (non-hydrogen) atoms. The SMILES string of the molecule is I.c1ccc(COc2ccccc2CNC2=NCCCN2)cc1. The Morgan fingerprint density at radius 2 is 1.83 bits per heavy atom. The number of nitrogens with zero attached hydrogens (tertiary/aromatic N) is 1. The van der Waals surface area contributed by atoms with Gasteiger partial charge in [-0.05, 0) is 18.1 Å². The second-order valence-electron chi connectivity index (χ2n) is 5.25. The van der Waals surface area contributed by atoms with E-state index in [1.165, 1.54) is 5.56 Å². The molecule has 0 fully saturated rings. The van der Waals surface area contributed by atoms with E-state index in [1.54, 1.807) is 0 Å². The highest BCUT2D eigenvalue weighted by atomic mass is 127. The van der Waals surface area contributed by atoms with E-state index < -0.39 is 0 Å².